The second kappa shape index (κ2) is 7.71. The fourth-order valence-electron chi connectivity index (χ4n) is 6.22. The maximum atomic E-state index is 2.45. The summed E-state index contributed by atoms with van der Waals surface area (Å²) in [5, 5.41) is 10.6. The molecule has 0 saturated carbocycles. The molecule has 0 amide bonds. The predicted molar refractivity (Wildman–Crippen MR) is 154 cm³/mol. The first-order valence-electron chi connectivity index (χ1n) is 12.5. The van der Waals surface area contributed by atoms with E-state index in [-0.39, 0.29) is 5.92 Å². The zero-order valence-electron chi connectivity index (χ0n) is 19.6. The largest absolute Gasteiger partial charge is 0.0894 e. The molecule has 0 radical (unpaired) electrons. The van der Waals surface area contributed by atoms with Crippen LogP contribution in [0.2, 0.25) is 0 Å². The van der Waals surface area contributed by atoms with Gasteiger partial charge in [0.05, 0.1) is 0 Å². The molecule has 1 aliphatic rings. The van der Waals surface area contributed by atoms with Crippen molar-refractivity contribution in [2.75, 3.05) is 0 Å². The molecular formula is C35H22S. The molecule has 8 rings (SSSR count). The minimum absolute atomic E-state index is 0.142. The van der Waals surface area contributed by atoms with Crippen LogP contribution in [0.1, 0.15) is 22.6 Å². The summed E-state index contributed by atoms with van der Waals surface area (Å²) in [5.41, 5.74) is 4.25. The van der Waals surface area contributed by atoms with Gasteiger partial charge in [-0.05, 0) is 78.0 Å². The summed E-state index contributed by atoms with van der Waals surface area (Å²) in [5.74, 6) is 0.142. The highest BCUT2D eigenvalue weighted by molar-refractivity contribution is 7.99. The van der Waals surface area contributed by atoms with E-state index in [4.69, 9.17) is 0 Å². The highest BCUT2D eigenvalue weighted by Crippen LogP contribution is 2.54. The Balaban J connectivity index is 1.58. The second-order valence-corrected chi connectivity index (χ2v) is 10.7. The smallest absolute Gasteiger partial charge is 0.0381 e. The van der Waals surface area contributed by atoms with Crippen molar-refractivity contribution in [1.29, 1.82) is 0 Å². The zero-order valence-corrected chi connectivity index (χ0v) is 20.4. The highest BCUT2D eigenvalue weighted by Gasteiger charge is 2.32. The summed E-state index contributed by atoms with van der Waals surface area (Å²) in [6, 6.07) is 47.2. The van der Waals surface area contributed by atoms with Gasteiger partial charge in [-0.1, -0.05) is 121 Å². The molecule has 0 bridgehead atoms. The van der Waals surface area contributed by atoms with Crippen molar-refractivity contribution in [3.05, 3.63) is 144 Å². The molecule has 7 aromatic carbocycles. The van der Waals surface area contributed by atoms with E-state index in [9.17, 15) is 0 Å². The summed E-state index contributed by atoms with van der Waals surface area (Å²) in [4.78, 5) is 2.72. The van der Waals surface area contributed by atoms with Crippen LogP contribution in [0.3, 0.4) is 0 Å². The predicted octanol–water partition coefficient (Wildman–Crippen LogP) is 9.94. The molecule has 1 heterocycles. The molecule has 0 spiro atoms. The Labute approximate surface area is 214 Å². The van der Waals surface area contributed by atoms with Crippen LogP contribution in [0.15, 0.2) is 137 Å². The summed E-state index contributed by atoms with van der Waals surface area (Å²) >= 11 is 1.92. The van der Waals surface area contributed by atoms with Gasteiger partial charge in [0.2, 0.25) is 0 Å². The van der Waals surface area contributed by atoms with E-state index in [2.05, 4.69) is 127 Å². The fraction of sp³-hybridized carbons (Fsp3) is 0.0286. The van der Waals surface area contributed by atoms with Crippen LogP contribution in [0.25, 0.3) is 43.1 Å². The van der Waals surface area contributed by atoms with Crippen molar-refractivity contribution in [2.24, 2.45) is 0 Å². The molecule has 0 unspecified atom stereocenters. The van der Waals surface area contributed by atoms with Gasteiger partial charge >= 0.3 is 0 Å². The molecule has 7 aromatic rings. The van der Waals surface area contributed by atoms with Crippen molar-refractivity contribution in [3.8, 4) is 0 Å². The quantitative estimate of drug-likeness (QED) is 0.213. The van der Waals surface area contributed by atoms with E-state index < -0.39 is 0 Å². The monoisotopic (exact) mass is 474 g/mol. The van der Waals surface area contributed by atoms with Crippen LogP contribution in [0, 0.1) is 0 Å². The van der Waals surface area contributed by atoms with E-state index in [1.807, 2.05) is 11.8 Å². The third-order valence-electron chi connectivity index (χ3n) is 7.77. The van der Waals surface area contributed by atoms with Gasteiger partial charge in [0.1, 0.15) is 0 Å². The van der Waals surface area contributed by atoms with Gasteiger partial charge in [-0.2, -0.15) is 0 Å². The van der Waals surface area contributed by atoms with E-state index >= 15 is 0 Å². The van der Waals surface area contributed by atoms with Crippen molar-refractivity contribution in [3.63, 3.8) is 0 Å². The topological polar surface area (TPSA) is 0 Å². The number of fused-ring (bicyclic) bond motifs is 9. The second-order valence-electron chi connectivity index (χ2n) is 9.66. The number of rotatable bonds is 1. The lowest BCUT2D eigenvalue weighted by atomic mass is 9.78. The molecule has 36 heavy (non-hydrogen) atoms. The van der Waals surface area contributed by atoms with Crippen LogP contribution in [0.4, 0.5) is 0 Å². The van der Waals surface area contributed by atoms with Crippen molar-refractivity contribution in [2.45, 2.75) is 15.7 Å². The average Bonchev–Trinajstić information content (AvgIpc) is 2.95. The van der Waals surface area contributed by atoms with E-state index in [0.29, 0.717) is 0 Å². The Morgan fingerprint density at radius 3 is 1.47 bits per heavy atom. The van der Waals surface area contributed by atoms with E-state index in [0.717, 1.165) is 0 Å². The average molecular weight is 475 g/mol. The SMILES string of the molecule is c1ccc2c3c(ccc2c1)Sc1ccc2ccccc2c1C3c1cc2ccccc2c2ccccc12. The third kappa shape index (κ3) is 2.84. The Hall–Kier alpha value is -4.07. The summed E-state index contributed by atoms with van der Waals surface area (Å²) < 4.78 is 0. The third-order valence-corrected chi connectivity index (χ3v) is 8.92. The first-order chi connectivity index (χ1) is 17.9. The maximum absolute atomic E-state index is 2.45. The summed E-state index contributed by atoms with van der Waals surface area (Å²) in [6.45, 7) is 0. The molecule has 1 heteroatoms. The lowest BCUT2D eigenvalue weighted by molar-refractivity contribution is 0.936. The first-order valence-corrected chi connectivity index (χ1v) is 13.3. The van der Waals surface area contributed by atoms with Crippen molar-refractivity contribution >= 4 is 54.9 Å². The molecule has 0 saturated heterocycles. The Morgan fingerprint density at radius 2 is 0.861 bits per heavy atom. The molecule has 168 valence electrons. The number of hydrogen-bond donors (Lipinski definition) is 0. The summed E-state index contributed by atoms with van der Waals surface area (Å²) in [6.07, 6.45) is 0. The molecule has 0 fully saturated rings. The highest BCUT2D eigenvalue weighted by atomic mass is 32.2. The van der Waals surface area contributed by atoms with Crippen LogP contribution < -0.4 is 0 Å². The minimum atomic E-state index is 0.142. The Bertz CT molecular complexity index is 1900. The molecule has 0 atom stereocenters. The van der Waals surface area contributed by atoms with Gasteiger partial charge in [0.15, 0.2) is 0 Å². The standard InChI is InChI=1S/C35H22S/c1-5-13-26-22(9-1)17-19-31-33(26)35(34-27-14-6-2-10-23(27)18-20-32(34)36-31)30-21-24-11-3-4-12-25(24)28-15-7-8-16-29(28)30/h1-21,35H. The van der Waals surface area contributed by atoms with Gasteiger partial charge in [0, 0.05) is 15.7 Å². The van der Waals surface area contributed by atoms with Crippen molar-refractivity contribution < 1.29 is 0 Å². The lowest BCUT2D eigenvalue weighted by Gasteiger charge is -2.32. The molecule has 0 nitrogen and oxygen atoms in total. The van der Waals surface area contributed by atoms with E-state index in [1.165, 1.54) is 69.6 Å². The van der Waals surface area contributed by atoms with Crippen molar-refractivity contribution in [1.82, 2.24) is 0 Å². The normalized spacial score (nSPS) is 13.3. The minimum Gasteiger partial charge on any atom is -0.0894 e. The first kappa shape index (κ1) is 20.2. The fourth-order valence-corrected chi connectivity index (χ4v) is 7.41. The van der Waals surface area contributed by atoms with E-state index in [1.54, 1.807) is 0 Å². The van der Waals surface area contributed by atoms with Crippen LogP contribution in [-0.4, -0.2) is 0 Å². The van der Waals surface area contributed by atoms with Gasteiger partial charge in [-0.25, -0.2) is 0 Å². The van der Waals surface area contributed by atoms with Crippen LogP contribution in [-0.2, 0) is 0 Å². The maximum Gasteiger partial charge on any atom is 0.0381 e. The van der Waals surface area contributed by atoms with Crippen LogP contribution >= 0.6 is 11.8 Å². The molecular weight excluding hydrogens is 452 g/mol. The van der Waals surface area contributed by atoms with Gasteiger partial charge in [-0.15, -0.1) is 0 Å². The number of benzene rings is 7. The Kier molecular flexibility index (Phi) is 4.32. The van der Waals surface area contributed by atoms with Gasteiger partial charge < -0.3 is 0 Å². The molecule has 0 N–H and O–H groups in total. The van der Waals surface area contributed by atoms with Crippen LogP contribution in [0.5, 0.6) is 0 Å². The molecule has 0 aromatic heterocycles. The van der Waals surface area contributed by atoms with Gasteiger partial charge in [0.25, 0.3) is 0 Å². The summed E-state index contributed by atoms with van der Waals surface area (Å²) in [7, 11) is 0. The Morgan fingerprint density at radius 1 is 0.389 bits per heavy atom. The number of hydrogen-bond acceptors (Lipinski definition) is 1. The lowest BCUT2D eigenvalue weighted by Crippen LogP contribution is -2.12. The molecule has 0 aliphatic carbocycles. The van der Waals surface area contributed by atoms with Gasteiger partial charge in [-0.3, -0.25) is 0 Å². The zero-order chi connectivity index (χ0) is 23.6. The molecule has 1 aliphatic heterocycles.